The number of rotatable bonds is 28. The highest BCUT2D eigenvalue weighted by Crippen LogP contribution is 2.39. The van der Waals surface area contributed by atoms with Gasteiger partial charge < -0.3 is 74.6 Å². The van der Waals surface area contributed by atoms with Gasteiger partial charge >= 0.3 is 0 Å². The Morgan fingerprint density at radius 3 is 0.993 bits per heavy atom. The van der Waals surface area contributed by atoms with Gasteiger partial charge in [0, 0.05) is 217 Å². The lowest BCUT2D eigenvalue weighted by atomic mass is 9.96. The molecule has 35 nitrogen and oxygen atoms in total. The number of hydrogen-bond acceptors (Lipinski definition) is 30. The molecule has 0 spiro atoms. The summed E-state index contributed by atoms with van der Waals surface area (Å²) in [5.41, 5.74) is 34.7. The fraction of sp³-hybridized carbons (Fsp3) is 0.559. The van der Waals surface area contributed by atoms with Crippen LogP contribution in [0.5, 0.6) is 0 Å². The monoisotopic (exact) mass is 2160 g/mol. The Bertz CT molecular complexity index is 5800. The van der Waals surface area contributed by atoms with E-state index in [9.17, 15) is 33.5 Å². The molecule has 8 aromatic rings. The summed E-state index contributed by atoms with van der Waals surface area (Å²) < 4.78 is 14.2. The van der Waals surface area contributed by atoms with Crippen molar-refractivity contribution in [3.05, 3.63) is 182 Å². The first-order valence-corrected chi connectivity index (χ1v) is 54.3. The number of nitrogens with one attached hydrogen (secondary N) is 4. The van der Waals surface area contributed by atoms with Crippen molar-refractivity contribution < 1.29 is 33.5 Å². The standard InChI is InChI=1S/C27H36Cl2N8O2.C26H34Cl2FN7O.C25H35Cl2N7O2.C24H33Cl2N7O/c1-2-19-15-36(26-23(29)33-22(24(30)34-26)27(39)32-18-5-6-18)11-12-37(19)20-7-9-35(10-8-20)14-16-3-4-17(28)13-21(16)25(31)38;1-2-19-15-35(25-23(28)32-22(24(30)33-25)26(37)31-18-5-6-18)11-12-36(19)20-7-9-34(10-8-20)14-16-3-4-17(27)13-21(16)29;1-3-18-14-33(24-22(27)30-21(23(28)31-24)25(36)29-2)12-13-34(18)19-8-10-32(11-9-19)20(15-35)16-4-6-17(26)7-5-16;1-3-18-15-32(23-21(26)29-20(22(27)30-23)24(34)28-2)12-13-33(18)19-8-10-31(11-9-19)14-16-4-6-17(25)7-5-16/h3-4,13,18-20H,2,5-12,14-15H2,1H3,(H2,30,34)(H2,31,38)(H,32,39);3-4,13,18-20H,2,5-12,14-15H2,1H3,(H2,30,33)(H,31,37);4-7,18-20,35H,3,8-15H2,1-2H3,(H2,28,31)(H,29,36);4-7,18-19H,3,8-15H2,1-2H3,(H2,27,30)(H,28,34)/t2*19-;18-,20-;18-/m0000/s1. The zero-order valence-electron chi connectivity index (χ0n) is 83.9. The number of amides is 5. The summed E-state index contributed by atoms with van der Waals surface area (Å²) in [5, 5.41) is 24.2. The van der Waals surface area contributed by atoms with Crippen LogP contribution in [0.15, 0.2) is 84.9 Å². The van der Waals surface area contributed by atoms with E-state index in [1.165, 1.54) is 38.6 Å². The SMILES string of the molecule is CC[C@H]1CN(c2nc(N)c(C(=O)NC)nc2Cl)CCN1C1CCN(Cc2ccc(Cl)cc2)CC1.CC[C@H]1CN(c2nc(N)c(C(=O)NC)nc2Cl)CCN1C1CCN([C@@H](CO)c2ccc(Cl)cc2)CC1.CC[C@H]1CN(c2nc(N)c(C(=O)NC3CC3)nc2Cl)CCN1C1CCN(Cc2ccc(Cl)cc2C(N)=O)CC1.CC[C@H]1CN(c2nc(N)c(C(=O)NC3CC3)nc2Cl)CCN1C1CCN(Cc2ccc(Cl)cc2F)CC1. The molecule has 15 N–H and O–H groups in total. The molecule has 10 aliphatic rings. The number of benzene rings is 4. The van der Waals surface area contributed by atoms with Crippen molar-refractivity contribution in [3.8, 4) is 0 Å². The molecule has 5 amide bonds. The predicted octanol–water partition coefficient (Wildman–Crippen LogP) is 13.0. The number of aliphatic hydroxyl groups is 1. The molecule has 18 rings (SSSR count). The normalized spacial score (nSPS) is 21.1. The lowest BCUT2D eigenvalue weighted by molar-refractivity contribution is 0.0356. The number of nitrogens with two attached hydrogens (primary N) is 5. The number of nitrogen functional groups attached to an aromatic ring is 4. The molecule has 12 heterocycles. The van der Waals surface area contributed by atoms with Crippen LogP contribution >= 0.6 is 92.8 Å². The number of piperidine rings is 4. The number of aliphatic hydroxyl groups excluding tert-OH is 1. The minimum Gasteiger partial charge on any atom is -0.394 e. The maximum Gasteiger partial charge on any atom is 0.274 e. The maximum absolute atomic E-state index is 14.2. The molecule has 8 saturated heterocycles. The Morgan fingerprint density at radius 1 is 0.377 bits per heavy atom. The Kier molecular flexibility index (Phi) is 39.2. The third-order valence-corrected chi connectivity index (χ3v) is 32.2. The molecule has 10 fully saturated rings. The fourth-order valence-corrected chi connectivity index (χ4v) is 23.3. The van der Waals surface area contributed by atoms with Gasteiger partial charge in [-0.25, -0.2) is 44.3 Å². The molecule has 790 valence electrons. The van der Waals surface area contributed by atoms with E-state index in [-0.39, 0.29) is 109 Å². The van der Waals surface area contributed by atoms with Gasteiger partial charge in [-0.15, -0.1) is 0 Å². The van der Waals surface area contributed by atoms with Crippen LogP contribution in [0.25, 0.3) is 0 Å². The number of piperazine rings is 4. The molecule has 0 radical (unpaired) electrons. The molecule has 4 aromatic carbocycles. The Morgan fingerprint density at radius 2 is 0.678 bits per heavy atom. The first-order valence-electron chi connectivity index (χ1n) is 51.2. The van der Waals surface area contributed by atoms with Crippen LogP contribution in [0.4, 0.5) is 50.9 Å². The highest BCUT2D eigenvalue weighted by atomic mass is 35.5. The predicted molar refractivity (Wildman–Crippen MR) is 579 cm³/mol. The molecule has 2 saturated carbocycles. The molecule has 146 heavy (non-hydrogen) atoms. The molecular weight excluding hydrogens is 2030 g/mol. The van der Waals surface area contributed by atoms with Crippen LogP contribution in [0.1, 0.15) is 211 Å². The average Bonchev–Trinajstić information content (AvgIpc) is 1.56. The van der Waals surface area contributed by atoms with Crippen LogP contribution in [0.2, 0.25) is 40.7 Å². The first kappa shape index (κ1) is 111. The number of hydrogen-bond donors (Lipinski definition) is 10. The maximum atomic E-state index is 14.2. The third kappa shape index (κ3) is 28.2. The lowest BCUT2D eigenvalue weighted by Gasteiger charge is -2.48. The second-order valence-electron chi connectivity index (χ2n) is 39.5. The average molecular weight is 2170 g/mol. The van der Waals surface area contributed by atoms with Crippen molar-refractivity contribution in [1.29, 1.82) is 0 Å². The van der Waals surface area contributed by atoms with Crippen LogP contribution in [0.3, 0.4) is 0 Å². The zero-order chi connectivity index (χ0) is 104. The topological polar surface area (TPSA) is 426 Å². The second-order valence-corrected chi connectivity index (χ2v) is 42.7. The molecule has 44 heteroatoms. The van der Waals surface area contributed by atoms with Gasteiger partial charge in [-0.2, -0.15) is 0 Å². The Hall–Kier alpha value is -9.16. The van der Waals surface area contributed by atoms with Gasteiger partial charge in [0.2, 0.25) is 5.91 Å². The summed E-state index contributed by atoms with van der Waals surface area (Å²) in [5.74, 6) is 0.440. The van der Waals surface area contributed by atoms with Crippen LogP contribution in [-0.4, -0.2) is 326 Å². The molecular formula is C102H138Cl8FN29O6. The third-order valence-electron chi connectivity index (χ3n) is 30.2. The quantitative estimate of drug-likeness (QED) is 0.0218. The van der Waals surface area contributed by atoms with Gasteiger partial charge in [0.25, 0.3) is 23.6 Å². The minimum atomic E-state index is -0.450. The summed E-state index contributed by atoms with van der Waals surface area (Å²) >= 11 is 49.9. The van der Waals surface area contributed by atoms with E-state index in [2.05, 4.69) is 160 Å². The van der Waals surface area contributed by atoms with E-state index in [1.807, 2.05) is 48.5 Å². The van der Waals surface area contributed by atoms with E-state index in [0.29, 0.717) is 111 Å². The number of halogens is 9. The summed E-state index contributed by atoms with van der Waals surface area (Å²) in [6.07, 6.45) is 16.6. The van der Waals surface area contributed by atoms with Gasteiger partial charge in [-0.3, -0.25) is 63.2 Å². The summed E-state index contributed by atoms with van der Waals surface area (Å²) in [4.78, 5) is 124. The zero-order valence-corrected chi connectivity index (χ0v) is 90.0. The molecule has 0 bridgehead atoms. The number of primary amides is 1. The summed E-state index contributed by atoms with van der Waals surface area (Å²) in [7, 11) is 3.04. The van der Waals surface area contributed by atoms with Gasteiger partial charge in [-0.1, -0.05) is 157 Å². The largest absolute Gasteiger partial charge is 0.394 e. The number of nitrogens with zero attached hydrogens (tertiary/aromatic N) is 20. The fourth-order valence-electron chi connectivity index (χ4n) is 21.7. The Labute approximate surface area is 894 Å². The van der Waals surface area contributed by atoms with Crippen LogP contribution in [-0.2, 0) is 19.6 Å². The van der Waals surface area contributed by atoms with Gasteiger partial charge in [0.15, 0.2) is 89.9 Å². The minimum absolute atomic E-state index is 0.00836. The number of carbonyl (C=O) groups excluding carboxylic acids is 5. The number of anilines is 8. The second kappa shape index (κ2) is 51.6. The molecule has 0 unspecified atom stereocenters. The summed E-state index contributed by atoms with van der Waals surface area (Å²) in [6, 6.07) is 30.1. The van der Waals surface area contributed by atoms with Crippen molar-refractivity contribution in [2.24, 2.45) is 5.73 Å². The highest BCUT2D eigenvalue weighted by Gasteiger charge is 2.43. The van der Waals surface area contributed by atoms with Crippen LogP contribution < -0.4 is 69.5 Å². The summed E-state index contributed by atoms with van der Waals surface area (Å²) in [6.45, 7) is 28.8. The van der Waals surface area contributed by atoms with Gasteiger partial charge in [-0.05, 0) is 207 Å². The van der Waals surface area contributed by atoms with Crippen molar-refractivity contribution in [2.45, 2.75) is 217 Å². The van der Waals surface area contributed by atoms with Crippen molar-refractivity contribution >= 4 is 169 Å². The molecule has 5 atom stereocenters. The van der Waals surface area contributed by atoms with Crippen LogP contribution in [0, 0.1) is 5.82 Å². The van der Waals surface area contributed by atoms with Gasteiger partial charge in [0.1, 0.15) is 5.82 Å². The van der Waals surface area contributed by atoms with Crippen molar-refractivity contribution in [3.63, 3.8) is 0 Å². The molecule has 2 aliphatic carbocycles. The first-order chi connectivity index (χ1) is 70.3. The van der Waals surface area contributed by atoms with E-state index in [1.54, 1.807) is 18.2 Å². The molecule has 4 aromatic heterocycles. The number of likely N-dealkylation sites (tertiary alicyclic amines) is 4. The van der Waals surface area contributed by atoms with Crippen molar-refractivity contribution in [2.75, 3.05) is 194 Å². The number of aromatic nitrogens is 8. The van der Waals surface area contributed by atoms with Gasteiger partial charge in [0.05, 0.1) is 12.6 Å². The Balaban J connectivity index is 0.000000146. The van der Waals surface area contributed by atoms with E-state index < -0.39 is 17.7 Å². The van der Waals surface area contributed by atoms with E-state index in [0.717, 1.165) is 243 Å². The number of carbonyl (C=O) groups is 5. The van der Waals surface area contributed by atoms with E-state index in [4.69, 9.17) is 121 Å². The highest BCUT2D eigenvalue weighted by molar-refractivity contribution is 6.34. The smallest absolute Gasteiger partial charge is 0.274 e. The van der Waals surface area contributed by atoms with E-state index >= 15 is 0 Å². The lowest BCUT2D eigenvalue weighted by Crippen LogP contribution is -2.58. The van der Waals surface area contributed by atoms with Crippen molar-refractivity contribution in [1.82, 2.24) is 100 Å². The molecule has 8 aliphatic heterocycles.